The van der Waals surface area contributed by atoms with Gasteiger partial charge in [0.15, 0.2) is 0 Å². The molecule has 4 fully saturated rings. The van der Waals surface area contributed by atoms with E-state index >= 15 is 0 Å². The van der Waals surface area contributed by atoms with Crippen LogP contribution < -0.4 is 10.2 Å². The Balaban J connectivity index is -0.000000495. The van der Waals surface area contributed by atoms with Crippen molar-refractivity contribution in [1.82, 2.24) is 30.0 Å². The lowest BCUT2D eigenvalue weighted by Gasteiger charge is -2.39. The molecule has 4 heterocycles. The van der Waals surface area contributed by atoms with Crippen LogP contribution in [-0.2, 0) is 7.05 Å². The van der Waals surface area contributed by atoms with Gasteiger partial charge in [-0.1, -0.05) is 95.9 Å². The molecule has 260 valence electrons. The summed E-state index contributed by atoms with van der Waals surface area (Å²) in [7, 11) is 1.96. The second-order valence-corrected chi connectivity index (χ2v) is 9.93. The Morgan fingerprint density at radius 2 is 1.26 bits per heavy atom. The minimum atomic E-state index is 0.651. The van der Waals surface area contributed by atoms with Crippen molar-refractivity contribution in [2.75, 3.05) is 76.9 Å². The highest BCUT2D eigenvalue weighted by Crippen LogP contribution is 2.24. The highest BCUT2D eigenvalue weighted by Gasteiger charge is 2.25. The summed E-state index contributed by atoms with van der Waals surface area (Å²) >= 11 is 0. The fraction of sp³-hybridized carbons (Fsp3) is 0.914. The lowest BCUT2D eigenvalue weighted by atomic mass is 9.91. The number of likely N-dealkylation sites (N-methyl/N-ethyl adjacent to an activating group) is 1. The van der Waals surface area contributed by atoms with Crippen LogP contribution in [0.1, 0.15) is 122 Å². The number of nitrogens with one attached hydrogen (secondary N) is 1. The fourth-order valence-electron chi connectivity index (χ4n) is 5.00. The Bertz CT molecular complexity index is 632. The van der Waals surface area contributed by atoms with Gasteiger partial charge in [0.1, 0.15) is 0 Å². The first-order valence-corrected chi connectivity index (χ1v) is 18.4. The van der Waals surface area contributed by atoms with Gasteiger partial charge >= 0.3 is 0 Å². The third-order valence-corrected chi connectivity index (χ3v) is 7.76. The number of aromatic nitrogens is 2. The van der Waals surface area contributed by atoms with Crippen LogP contribution in [0.2, 0.25) is 0 Å². The molecule has 0 bridgehead atoms. The van der Waals surface area contributed by atoms with Crippen molar-refractivity contribution in [3.63, 3.8) is 0 Å². The number of halogens is 1. The van der Waals surface area contributed by atoms with E-state index in [0.717, 1.165) is 43.0 Å². The molecule has 3 aliphatic heterocycles. The summed E-state index contributed by atoms with van der Waals surface area (Å²) in [6.07, 6.45) is 11.7. The molecule has 0 atom stereocenters. The van der Waals surface area contributed by atoms with Crippen molar-refractivity contribution >= 4 is 5.69 Å². The van der Waals surface area contributed by atoms with E-state index in [1.54, 1.807) is 0 Å². The van der Waals surface area contributed by atoms with E-state index in [0.29, 0.717) is 13.1 Å². The molecule has 7 nitrogen and oxygen atoms in total. The highest BCUT2D eigenvalue weighted by molar-refractivity contribution is 5.42. The van der Waals surface area contributed by atoms with Crippen molar-refractivity contribution in [2.24, 2.45) is 13.0 Å². The number of aryl methyl sites for hydroxylation is 1. The fourth-order valence-corrected chi connectivity index (χ4v) is 5.00. The van der Waals surface area contributed by atoms with Crippen LogP contribution in [0.4, 0.5) is 10.2 Å². The maximum Gasteiger partial charge on any atom is 0.0753 e. The first-order chi connectivity index (χ1) is 21.1. The average molecular weight is 616 g/mol. The van der Waals surface area contributed by atoms with Crippen molar-refractivity contribution < 1.29 is 4.48 Å². The molecule has 0 aromatic carbocycles. The highest BCUT2D eigenvalue weighted by atomic mass is 19.2. The molecule has 0 spiro atoms. The molecule has 3 saturated heterocycles. The summed E-state index contributed by atoms with van der Waals surface area (Å²) in [5.41, 5.74) is 1.25. The Morgan fingerprint density at radius 3 is 1.63 bits per heavy atom. The molecule has 8 heteroatoms. The lowest BCUT2D eigenvalue weighted by Crippen LogP contribution is -2.50. The van der Waals surface area contributed by atoms with Gasteiger partial charge in [0.2, 0.25) is 0 Å². The van der Waals surface area contributed by atoms with Crippen molar-refractivity contribution in [3.8, 4) is 0 Å². The van der Waals surface area contributed by atoms with E-state index in [2.05, 4.69) is 45.2 Å². The summed E-state index contributed by atoms with van der Waals surface area (Å²) in [4.78, 5) is 7.52. The molecule has 1 N–H and O–H groups in total. The number of piperazine rings is 2. The molecule has 1 aromatic heterocycles. The van der Waals surface area contributed by atoms with Gasteiger partial charge in [0.25, 0.3) is 0 Å². The topological polar surface area (TPSA) is 42.8 Å². The molecule has 1 aliphatic carbocycles. The number of rotatable bonds is 4. The number of anilines is 1. The van der Waals surface area contributed by atoms with E-state index in [9.17, 15) is 4.48 Å². The van der Waals surface area contributed by atoms with Gasteiger partial charge in [0.05, 0.1) is 11.9 Å². The second-order valence-electron chi connectivity index (χ2n) is 9.93. The Kier molecular flexibility index (Phi) is 36.2. The van der Waals surface area contributed by atoms with Crippen molar-refractivity contribution in [3.05, 3.63) is 12.4 Å². The van der Waals surface area contributed by atoms with E-state index in [4.69, 9.17) is 0 Å². The summed E-state index contributed by atoms with van der Waals surface area (Å²) in [6.45, 7) is 36.4. The Labute approximate surface area is 269 Å². The molecule has 0 unspecified atom stereocenters. The van der Waals surface area contributed by atoms with Crippen LogP contribution in [0.5, 0.6) is 0 Å². The summed E-state index contributed by atoms with van der Waals surface area (Å²) in [5, 5.41) is 8.49. The van der Waals surface area contributed by atoms with Gasteiger partial charge in [0, 0.05) is 84.7 Å². The van der Waals surface area contributed by atoms with E-state index in [-0.39, 0.29) is 0 Å². The van der Waals surface area contributed by atoms with E-state index in [1.165, 1.54) is 77.2 Å². The van der Waals surface area contributed by atoms with Gasteiger partial charge in [-0.15, -0.1) is 9.60 Å². The predicted molar refractivity (Wildman–Crippen MR) is 192 cm³/mol. The lowest BCUT2D eigenvalue weighted by molar-refractivity contribution is -0.00903. The van der Waals surface area contributed by atoms with Gasteiger partial charge < -0.3 is 15.1 Å². The van der Waals surface area contributed by atoms with E-state index < -0.39 is 0 Å². The molecule has 4 aliphatic rings. The minimum absolute atomic E-state index is 0.651. The van der Waals surface area contributed by atoms with Gasteiger partial charge in [-0.3, -0.25) is 9.58 Å². The van der Waals surface area contributed by atoms with Crippen molar-refractivity contribution in [2.45, 2.75) is 128 Å². The Morgan fingerprint density at radius 1 is 0.744 bits per heavy atom. The third kappa shape index (κ3) is 21.2. The second kappa shape index (κ2) is 33.7. The average Bonchev–Trinajstić information content (AvgIpc) is 3.52. The summed E-state index contributed by atoms with van der Waals surface area (Å²) < 4.78 is 14.2. The van der Waals surface area contributed by atoms with Gasteiger partial charge in [-0.2, -0.15) is 5.10 Å². The molecule has 0 radical (unpaired) electrons. The zero-order valence-electron chi connectivity index (χ0n) is 31.4. The molecule has 1 saturated carbocycles. The maximum atomic E-state index is 12.3. The van der Waals surface area contributed by atoms with Crippen LogP contribution in [0, 0.1) is 5.92 Å². The van der Waals surface area contributed by atoms with Crippen molar-refractivity contribution in [1.29, 1.82) is 0 Å². The van der Waals surface area contributed by atoms with E-state index in [1.807, 2.05) is 87.2 Å². The SMILES string of the molecule is C1CC(N2CCNCC2)C1.CC.CC.CC.CC.CC.CCC1CCN(F)CC1.CCN1CCN(c2cnn(C)c2)CC1. The van der Waals surface area contributed by atoms with Gasteiger partial charge in [-0.05, 0) is 38.1 Å². The van der Waals surface area contributed by atoms with Crippen LogP contribution in [0.15, 0.2) is 12.4 Å². The minimum Gasteiger partial charge on any atom is -0.366 e. The molecule has 5 rings (SSSR count). The quantitative estimate of drug-likeness (QED) is 0.345. The molecule has 43 heavy (non-hydrogen) atoms. The molecule has 1 aromatic rings. The van der Waals surface area contributed by atoms with Crippen LogP contribution >= 0.6 is 0 Å². The normalized spacial score (nSPS) is 19.0. The molecular formula is C35H78FN7. The smallest absolute Gasteiger partial charge is 0.0753 e. The standard InChI is InChI=1S/C10H18N4.C8H16N2.C7H14FN.5C2H6/c1-3-13-4-6-14(7-5-13)10-8-11-12(2)9-10;1-2-8(3-1)10-6-4-9-5-7-10;1-2-7-3-5-9(8)6-4-7;5*1-2/h8-9H,3-7H2,1-2H3;8-9H,1-7H2;7H,2-6H2,1H3;5*1-2H3. The maximum absolute atomic E-state index is 12.3. The zero-order valence-corrected chi connectivity index (χ0v) is 31.4. The zero-order chi connectivity index (χ0) is 33.5. The van der Waals surface area contributed by atoms with Gasteiger partial charge in [-0.25, -0.2) is 0 Å². The monoisotopic (exact) mass is 616 g/mol. The Hall–Kier alpha value is -1.22. The van der Waals surface area contributed by atoms with Crippen LogP contribution in [-0.4, -0.2) is 103 Å². The number of hydrogen-bond donors (Lipinski definition) is 1. The largest absolute Gasteiger partial charge is 0.366 e. The summed E-state index contributed by atoms with van der Waals surface area (Å²) in [6, 6.07) is 0.960. The molecular weight excluding hydrogens is 537 g/mol. The predicted octanol–water partition coefficient (Wildman–Crippen LogP) is 8.13. The first-order valence-electron chi connectivity index (χ1n) is 18.4. The molecule has 0 amide bonds. The summed E-state index contributed by atoms with van der Waals surface area (Å²) in [5.74, 6) is 0.789. The number of piperidine rings is 1. The van der Waals surface area contributed by atoms with Crippen LogP contribution in [0.3, 0.4) is 0 Å². The third-order valence-electron chi connectivity index (χ3n) is 7.76. The number of hydrogen-bond acceptors (Lipinski definition) is 6. The first kappa shape index (κ1) is 46.2. The number of nitrogens with zero attached hydrogens (tertiary/aromatic N) is 6. The van der Waals surface area contributed by atoms with Crippen LogP contribution in [0.25, 0.3) is 0 Å².